The summed E-state index contributed by atoms with van der Waals surface area (Å²) in [5, 5.41) is 5.13. The summed E-state index contributed by atoms with van der Waals surface area (Å²) in [6.45, 7) is -0.177. The van der Waals surface area contributed by atoms with Crippen LogP contribution in [0.3, 0.4) is 0 Å². The Morgan fingerprint density at radius 2 is 1.74 bits per heavy atom. The summed E-state index contributed by atoms with van der Waals surface area (Å²) in [7, 11) is 0. The fourth-order valence-corrected chi connectivity index (χ4v) is 2.16. The number of hydrogen-bond donors (Lipinski definition) is 2. The Labute approximate surface area is 152 Å². The number of halogens is 3. The first kappa shape index (κ1) is 18.2. The molecule has 8 heteroatoms. The lowest BCUT2D eigenvalue weighted by atomic mass is 10.2. The van der Waals surface area contributed by atoms with Crippen LogP contribution in [0.5, 0.6) is 5.75 Å². The second-order valence-electron chi connectivity index (χ2n) is 5.43. The minimum Gasteiger partial charge on any atom is -0.484 e. The lowest BCUT2D eigenvalue weighted by Gasteiger charge is -2.10. The number of aromatic nitrogens is 1. The maximum Gasteiger partial charge on any atom is 0.262 e. The monoisotopic (exact) mass is 373 g/mol. The molecule has 0 saturated carbocycles. The van der Waals surface area contributed by atoms with E-state index in [1.54, 1.807) is 24.3 Å². The topological polar surface area (TPSA) is 63.2 Å². The number of anilines is 3. The van der Waals surface area contributed by atoms with Crippen molar-refractivity contribution < 1.29 is 22.7 Å². The van der Waals surface area contributed by atoms with E-state index < -0.39 is 17.5 Å². The van der Waals surface area contributed by atoms with Gasteiger partial charge in [-0.05, 0) is 36.4 Å². The van der Waals surface area contributed by atoms with Crippen molar-refractivity contribution in [3.8, 4) is 5.75 Å². The number of pyridine rings is 1. The normalized spacial score (nSPS) is 10.3. The van der Waals surface area contributed by atoms with Gasteiger partial charge in [0.05, 0.1) is 17.6 Å². The summed E-state index contributed by atoms with van der Waals surface area (Å²) in [5.41, 5.74) is 0.141. The molecule has 0 fully saturated rings. The molecule has 0 unspecified atom stereocenters. The lowest BCUT2D eigenvalue weighted by molar-refractivity contribution is -0.118. The molecule has 0 atom stereocenters. The number of para-hydroxylation sites is 1. The highest BCUT2D eigenvalue weighted by Gasteiger charge is 2.13. The summed E-state index contributed by atoms with van der Waals surface area (Å²) < 4.78 is 45.1. The number of carbonyl (C=O) groups is 1. The molecule has 0 radical (unpaired) electrons. The molecule has 0 bridgehead atoms. The standard InChI is InChI=1S/C19H14F3N3O2/c20-14-7-8-15(19(22)18(14)21)25-16-9-6-12(10-23-16)24-17(26)11-27-13-4-2-1-3-5-13/h1-10H,11H2,(H,23,25)(H,24,26). The van der Waals surface area contributed by atoms with Gasteiger partial charge in [-0.1, -0.05) is 18.2 Å². The fraction of sp³-hybridized carbons (Fsp3) is 0.0526. The molecule has 1 aromatic heterocycles. The maximum absolute atomic E-state index is 13.6. The number of carbonyl (C=O) groups excluding carboxylic acids is 1. The Balaban J connectivity index is 1.57. The summed E-state index contributed by atoms with van der Waals surface area (Å²) >= 11 is 0. The maximum atomic E-state index is 13.6. The molecule has 27 heavy (non-hydrogen) atoms. The summed E-state index contributed by atoms with van der Waals surface area (Å²) in [5.74, 6) is -3.80. The van der Waals surface area contributed by atoms with Crippen LogP contribution in [0.4, 0.5) is 30.4 Å². The molecular weight excluding hydrogens is 359 g/mol. The Morgan fingerprint density at radius 3 is 2.44 bits per heavy atom. The van der Waals surface area contributed by atoms with E-state index in [0.29, 0.717) is 11.4 Å². The number of rotatable bonds is 6. The smallest absolute Gasteiger partial charge is 0.262 e. The van der Waals surface area contributed by atoms with E-state index in [0.717, 1.165) is 12.1 Å². The first-order valence-corrected chi connectivity index (χ1v) is 7.87. The number of benzene rings is 2. The molecule has 1 heterocycles. The van der Waals surface area contributed by atoms with Crippen LogP contribution < -0.4 is 15.4 Å². The van der Waals surface area contributed by atoms with Gasteiger partial charge in [0.2, 0.25) is 0 Å². The van der Waals surface area contributed by atoms with Crippen LogP contribution in [-0.2, 0) is 4.79 Å². The molecule has 1 amide bonds. The van der Waals surface area contributed by atoms with Gasteiger partial charge in [0.15, 0.2) is 24.1 Å². The zero-order valence-electron chi connectivity index (χ0n) is 13.9. The molecule has 0 aliphatic rings. The van der Waals surface area contributed by atoms with Gasteiger partial charge in [-0.3, -0.25) is 4.79 Å². The largest absolute Gasteiger partial charge is 0.484 e. The number of amides is 1. The van der Waals surface area contributed by atoms with Gasteiger partial charge in [-0.2, -0.15) is 0 Å². The Bertz CT molecular complexity index is 935. The molecule has 3 rings (SSSR count). The first-order valence-electron chi connectivity index (χ1n) is 7.87. The minimum atomic E-state index is -1.57. The Morgan fingerprint density at radius 1 is 0.963 bits per heavy atom. The second-order valence-corrected chi connectivity index (χ2v) is 5.43. The molecule has 2 N–H and O–H groups in total. The average Bonchev–Trinajstić information content (AvgIpc) is 2.69. The predicted molar refractivity (Wildman–Crippen MR) is 94.4 cm³/mol. The summed E-state index contributed by atoms with van der Waals surface area (Å²) in [6, 6.07) is 13.7. The van der Waals surface area contributed by atoms with E-state index >= 15 is 0 Å². The number of nitrogens with one attached hydrogen (secondary N) is 2. The molecule has 0 aliphatic carbocycles. The number of ether oxygens (including phenoxy) is 1. The zero-order chi connectivity index (χ0) is 19.2. The van der Waals surface area contributed by atoms with E-state index in [9.17, 15) is 18.0 Å². The number of hydrogen-bond acceptors (Lipinski definition) is 4. The Hall–Kier alpha value is -3.55. The van der Waals surface area contributed by atoms with Gasteiger partial charge < -0.3 is 15.4 Å². The predicted octanol–water partition coefficient (Wildman–Crippen LogP) is 4.26. The van der Waals surface area contributed by atoms with E-state index in [4.69, 9.17) is 4.74 Å². The molecule has 5 nitrogen and oxygen atoms in total. The van der Waals surface area contributed by atoms with Crippen molar-refractivity contribution in [2.24, 2.45) is 0 Å². The van der Waals surface area contributed by atoms with Crippen molar-refractivity contribution in [3.05, 3.63) is 78.2 Å². The van der Waals surface area contributed by atoms with Gasteiger partial charge in [-0.15, -0.1) is 0 Å². The van der Waals surface area contributed by atoms with Crippen molar-refractivity contribution in [1.82, 2.24) is 4.98 Å². The van der Waals surface area contributed by atoms with E-state index in [1.165, 1.54) is 18.3 Å². The van der Waals surface area contributed by atoms with Gasteiger partial charge >= 0.3 is 0 Å². The van der Waals surface area contributed by atoms with Crippen molar-refractivity contribution in [3.63, 3.8) is 0 Å². The van der Waals surface area contributed by atoms with Crippen molar-refractivity contribution in [2.45, 2.75) is 0 Å². The molecule has 3 aromatic rings. The molecule has 0 spiro atoms. The van der Waals surface area contributed by atoms with Gasteiger partial charge in [0.25, 0.3) is 5.91 Å². The second kappa shape index (κ2) is 8.22. The molecule has 2 aromatic carbocycles. The summed E-state index contributed by atoms with van der Waals surface area (Å²) in [4.78, 5) is 15.9. The fourth-order valence-electron chi connectivity index (χ4n) is 2.16. The third-order valence-electron chi connectivity index (χ3n) is 3.46. The van der Waals surface area contributed by atoms with Crippen LogP contribution in [-0.4, -0.2) is 17.5 Å². The minimum absolute atomic E-state index is 0.177. The van der Waals surface area contributed by atoms with E-state index in [1.807, 2.05) is 6.07 Å². The highest BCUT2D eigenvalue weighted by atomic mass is 19.2. The van der Waals surface area contributed by atoms with Crippen LogP contribution >= 0.6 is 0 Å². The third-order valence-corrected chi connectivity index (χ3v) is 3.46. The van der Waals surface area contributed by atoms with Gasteiger partial charge in [0, 0.05) is 0 Å². The van der Waals surface area contributed by atoms with E-state index in [2.05, 4.69) is 15.6 Å². The van der Waals surface area contributed by atoms with Crippen LogP contribution in [0.25, 0.3) is 0 Å². The summed E-state index contributed by atoms with van der Waals surface area (Å²) in [6.07, 6.45) is 1.33. The third kappa shape index (κ3) is 4.75. The molecule has 0 saturated heterocycles. The highest BCUT2D eigenvalue weighted by Crippen LogP contribution is 2.23. The lowest BCUT2D eigenvalue weighted by Crippen LogP contribution is -2.20. The van der Waals surface area contributed by atoms with Crippen molar-refractivity contribution in [2.75, 3.05) is 17.2 Å². The van der Waals surface area contributed by atoms with Crippen LogP contribution in [0.2, 0.25) is 0 Å². The molecular formula is C19H14F3N3O2. The quantitative estimate of drug-likeness (QED) is 0.634. The van der Waals surface area contributed by atoms with Crippen molar-refractivity contribution in [1.29, 1.82) is 0 Å². The highest BCUT2D eigenvalue weighted by molar-refractivity contribution is 5.91. The van der Waals surface area contributed by atoms with Gasteiger partial charge in [-0.25, -0.2) is 18.2 Å². The van der Waals surface area contributed by atoms with Gasteiger partial charge in [0.1, 0.15) is 11.6 Å². The van der Waals surface area contributed by atoms with Crippen LogP contribution in [0.1, 0.15) is 0 Å². The first-order chi connectivity index (χ1) is 13.0. The van der Waals surface area contributed by atoms with Crippen molar-refractivity contribution >= 4 is 23.1 Å². The zero-order valence-corrected chi connectivity index (χ0v) is 13.9. The van der Waals surface area contributed by atoms with E-state index in [-0.39, 0.29) is 24.0 Å². The van der Waals surface area contributed by atoms with Crippen LogP contribution in [0.15, 0.2) is 60.8 Å². The van der Waals surface area contributed by atoms with Crippen LogP contribution in [0, 0.1) is 17.5 Å². The molecule has 138 valence electrons. The SMILES string of the molecule is O=C(COc1ccccc1)Nc1ccc(Nc2ccc(F)c(F)c2F)nc1. The Kier molecular flexibility index (Phi) is 5.55. The number of nitrogens with zero attached hydrogens (tertiary/aromatic N) is 1. The molecule has 0 aliphatic heterocycles. The average molecular weight is 373 g/mol.